The van der Waals surface area contributed by atoms with Gasteiger partial charge in [0.15, 0.2) is 0 Å². The second-order valence-corrected chi connectivity index (χ2v) is 5.54. The molecule has 0 atom stereocenters. The molecule has 1 amide bonds. The summed E-state index contributed by atoms with van der Waals surface area (Å²) >= 11 is 1.98. The maximum absolute atomic E-state index is 11.2. The zero-order valence-electron chi connectivity index (χ0n) is 10.4. The summed E-state index contributed by atoms with van der Waals surface area (Å²) in [5, 5.41) is 3.45. The van der Waals surface area contributed by atoms with Gasteiger partial charge < -0.3 is 15.8 Å². The molecule has 0 radical (unpaired) electrons. The summed E-state index contributed by atoms with van der Waals surface area (Å²) in [6.45, 7) is 0. The van der Waals surface area contributed by atoms with Crippen molar-refractivity contribution in [1.29, 1.82) is 0 Å². The molecule has 0 bridgehead atoms. The third-order valence-electron chi connectivity index (χ3n) is 3.06. The summed E-state index contributed by atoms with van der Waals surface area (Å²) in [4.78, 5) is 11.2. The highest BCUT2D eigenvalue weighted by atomic mass is 32.2. The molecule has 98 valence electrons. The van der Waals surface area contributed by atoms with Crippen molar-refractivity contribution in [1.82, 2.24) is 0 Å². The molecule has 0 aromatic heterocycles. The number of thioether (sulfide) groups is 1. The summed E-state index contributed by atoms with van der Waals surface area (Å²) in [5.74, 6) is 2.68. The van der Waals surface area contributed by atoms with Gasteiger partial charge in [0.2, 0.25) is 5.91 Å². The first-order chi connectivity index (χ1) is 8.70. The van der Waals surface area contributed by atoms with Crippen LogP contribution in [0.15, 0.2) is 18.2 Å². The number of hydrogen-bond acceptors (Lipinski definition) is 4. The van der Waals surface area contributed by atoms with Crippen LogP contribution in [-0.2, 0) is 0 Å². The normalized spacial score (nSPS) is 16.3. The van der Waals surface area contributed by atoms with Crippen LogP contribution in [0, 0.1) is 0 Å². The van der Waals surface area contributed by atoms with E-state index in [0.717, 1.165) is 24.3 Å². The minimum Gasteiger partial charge on any atom is -0.495 e. The van der Waals surface area contributed by atoms with Crippen molar-refractivity contribution >= 4 is 23.4 Å². The number of anilines is 1. The molecule has 0 spiro atoms. The highest BCUT2D eigenvalue weighted by Crippen LogP contribution is 2.28. The number of amides is 1. The van der Waals surface area contributed by atoms with Crippen LogP contribution in [0.4, 0.5) is 5.69 Å². The highest BCUT2D eigenvalue weighted by molar-refractivity contribution is 7.99. The maximum Gasteiger partial charge on any atom is 0.248 e. The smallest absolute Gasteiger partial charge is 0.248 e. The fourth-order valence-electron chi connectivity index (χ4n) is 2.04. The Morgan fingerprint density at radius 2 is 2.17 bits per heavy atom. The van der Waals surface area contributed by atoms with Gasteiger partial charge in [0, 0.05) is 11.6 Å². The van der Waals surface area contributed by atoms with Crippen LogP contribution >= 0.6 is 11.8 Å². The van der Waals surface area contributed by atoms with E-state index in [4.69, 9.17) is 10.5 Å². The van der Waals surface area contributed by atoms with Gasteiger partial charge in [-0.15, -0.1) is 0 Å². The average Bonchev–Trinajstić information content (AvgIpc) is 2.39. The van der Waals surface area contributed by atoms with Gasteiger partial charge in [-0.3, -0.25) is 4.79 Å². The molecule has 3 N–H and O–H groups in total. The van der Waals surface area contributed by atoms with Crippen LogP contribution in [0.3, 0.4) is 0 Å². The van der Waals surface area contributed by atoms with Crippen molar-refractivity contribution < 1.29 is 9.53 Å². The predicted molar refractivity (Wildman–Crippen MR) is 75.5 cm³/mol. The third kappa shape index (κ3) is 3.10. The molecule has 0 saturated carbocycles. The number of carbonyl (C=O) groups is 1. The van der Waals surface area contributed by atoms with Gasteiger partial charge in [0.1, 0.15) is 5.75 Å². The zero-order valence-corrected chi connectivity index (χ0v) is 11.3. The topological polar surface area (TPSA) is 64.3 Å². The molecule has 5 heteroatoms. The Hall–Kier alpha value is -1.36. The zero-order chi connectivity index (χ0) is 13.0. The molecule has 18 heavy (non-hydrogen) atoms. The standard InChI is InChI=1S/C13H18N2O2S/c1-17-12-3-2-9(13(14)16)8-11(12)15-10-4-6-18-7-5-10/h2-3,8,10,15H,4-7H2,1H3,(H2,14,16). The lowest BCUT2D eigenvalue weighted by molar-refractivity contribution is 0.100. The van der Waals surface area contributed by atoms with E-state index < -0.39 is 5.91 Å². The minimum atomic E-state index is -0.417. The van der Waals surface area contributed by atoms with E-state index in [1.807, 2.05) is 11.8 Å². The lowest BCUT2D eigenvalue weighted by atomic mass is 10.1. The first-order valence-electron chi connectivity index (χ1n) is 6.03. The first-order valence-corrected chi connectivity index (χ1v) is 7.18. The van der Waals surface area contributed by atoms with Gasteiger partial charge in [-0.05, 0) is 42.5 Å². The van der Waals surface area contributed by atoms with E-state index in [1.165, 1.54) is 11.5 Å². The SMILES string of the molecule is COc1ccc(C(N)=O)cc1NC1CCSCC1. The van der Waals surface area contributed by atoms with Gasteiger partial charge in [-0.2, -0.15) is 11.8 Å². The van der Waals surface area contributed by atoms with Gasteiger partial charge in [0.25, 0.3) is 0 Å². The second-order valence-electron chi connectivity index (χ2n) is 4.31. The average molecular weight is 266 g/mol. The number of rotatable bonds is 4. The van der Waals surface area contributed by atoms with Crippen LogP contribution in [0.5, 0.6) is 5.75 Å². The summed E-state index contributed by atoms with van der Waals surface area (Å²) in [6.07, 6.45) is 2.27. The molecule has 1 aliphatic rings. The summed E-state index contributed by atoms with van der Waals surface area (Å²) in [6, 6.07) is 5.68. The van der Waals surface area contributed by atoms with Gasteiger partial charge >= 0.3 is 0 Å². The van der Waals surface area contributed by atoms with Gasteiger partial charge in [-0.1, -0.05) is 0 Å². The number of primary amides is 1. The maximum atomic E-state index is 11.2. The van der Waals surface area contributed by atoms with E-state index in [0.29, 0.717) is 11.6 Å². The van der Waals surface area contributed by atoms with Crippen molar-refractivity contribution in [3.05, 3.63) is 23.8 Å². The number of ether oxygens (including phenoxy) is 1. The van der Waals surface area contributed by atoms with Gasteiger partial charge in [0.05, 0.1) is 12.8 Å². The molecule has 4 nitrogen and oxygen atoms in total. The molecule has 0 aliphatic carbocycles. The van der Waals surface area contributed by atoms with E-state index in [9.17, 15) is 4.79 Å². The van der Waals surface area contributed by atoms with E-state index >= 15 is 0 Å². The van der Waals surface area contributed by atoms with Crippen LogP contribution in [0.2, 0.25) is 0 Å². The van der Waals surface area contributed by atoms with Crippen molar-refractivity contribution in [3.63, 3.8) is 0 Å². The second kappa shape index (κ2) is 6.00. The van der Waals surface area contributed by atoms with Crippen LogP contribution in [-0.4, -0.2) is 30.6 Å². The van der Waals surface area contributed by atoms with Crippen molar-refractivity contribution in [2.24, 2.45) is 5.73 Å². The lowest BCUT2D eigenvalue weighted by Gasteiger charge is -2.24. The minimum absolute atomic E-state index is 0.417. The Bertz CT molecular complexity index is 431. The lowest BCUT2D eigenvalue weighted by Crippen LogP contribution is -2.25. The Morgan fingerprint density at radius 3 is 2.78 bits per heavy atom. The van der Waals surface area contributed by atoms with E-state index in [1.54, 1.807) is 25.3 Å². The quantitative estimate of drug-likeness (QED) is 0.876. The van der Waals surface area contributed by atoms with Gasteiger partial charge in [-0.25, -0.2) is 0 Å². The third-order valence-corrected chi connectivity index (χ3v) is 4.11. The Morgan fingerprint density at radius 1 is 1.44 bits per heavy atom. The molecule has 0 unspecified atom stereocenters. The first kappa shape index (κ1) is 13.1. The molecule has 1 aliphatic heterocycles. The van der Waals surface area contributed by atoms with Crippen LogP contribution in [0.25, 0.3) is 0 Å². The fraction of sp³-hybridized carbons (Fsp3) is 0.462. The molecular formula is C13H18N2O2S. The molecule has 1 saturated heterocycles. The number of nitrogens with two attached hydrogens (primary N) is 1. The number of nitrogens with one attached hydrogen (secondary N) is 1. The molecular weight excluding hydrogens is 248 g/mol. The molecule has 1 fully saturated rings. The van der Waals surface area contributed by atoms with E-state index in [2.05, 4.69) is 5.32 Å². The Kier molecular flexibility index (Phi) is 4.36. The summed E-state index contributed by atoms with van der Waals surface area (Å²) in [5.41, 5.74) is 6.65. The number of benzene rings is 1. The predicted octanol–water partition coefficient (Wildman–Crippen LogP) is 2.10. The number of hydrogen-bond donors (Lipinski definition) is 2. The monoisotopic (exact) mass is 266 g/mol. The molecule has 1 heterocycles. The van der Waals surface area contributed by atoms with Crippen LogP contribution in [0.1, 0.15) is 23.2 Å². The largest absolute Gasteiger partial charge is 0.495 e. The van der Waals surface area contributed by atoms with Crippen molar-refractivity contribution in [2.45, 2.75) is 18.9 Å². The van der Waals surface area contributed by atoms with Crippen molar-refractivity contribution in [2.75, 3.05) is 23.9 Å². The molecule has 1 aromatic rings. The Labute approximate surface area is 111 Å². The van der Waals surface area contributed by atoms with Crippen LogP contribution < -0.4 is 15.8 Å². The number of methoxy groups -OCH3 is 1. The summed E-state index contributed by atoms with van der Waals surface area (Å²) < 4.78 is 5.30. The highest BCUT2D eigenvalue weighted by Gasteiger charge is 2.16. The Balaban J connectivity index is 2.17. The fourth-order valence-corrected chi connectivity index (χ4v) is 3.14. The van der Waals surface area contributed by atoms with Crippen molar-refractivity contribution in [3.8, 4) is 5.75 Å². The summed E-state index contributed by atoms with van der Waals surface area (Å²) in [7, 11) is 1.63. The molecule has 2 rings (SSSR count). The van der Waals surface area contributed by atoms with E-state index in [-0.39, 0.29) is 0 Å². The number of carbonyl (C=O) groups excluding carboxylic acids is 1. The molecule has 1 aromatic carbocycles.